The van der Waals surface area contributed by atoms with Crippen molar-refractivity contribution in [2.75, 3.05) is 19.7 Å². The van der Waals surface area contributed by atoms with Gasteiger partial charge in [0, 0.05) is 24.2 Å². The van der Waals surface area contributed by atoms with Gasteiger partial charge in [-0.15, -0.1) is 0 Å². The van der Waals surface area contributed by atoms with E-state index >= 15 is 0 Å². The van der Waals surface area contributed by atoms with Crippen LogP contribution in [0.1, 0.15) is 63.2 Å². The molecule has 1 N–H and O–H groups in total. The first kappa shape index (κ1) is 24.2. The summed E-state index contributed by atoms with van der Waals surface area (Å²) in [6.07, 6.45) is 4.68. The molecular weight excluding hydrogens is 466 g/mol. The summed E-state index contributed by atoms with van der Waals surface area (Å²) in [5.74, 6) is -0.867. The van der Waals surface area contributed by atoms with Gasteiger partial charge in [-0.1, -0.05) is 32.4 Å². The average molecular weight is 496 g/mol. The van der Waals surface area contributed by atoms with Crippen LogP contribution in [-0.4, -0.2) is 50.0 Å². The van der Waals surface area contributed by atoms with Gasteiger partial charge in [0.25, 0.3) is 5.91 Å². The zero-order valence-electron chi connectivity index (χ0n) is 19.2. The molecule has 33 heavy (non-hydrogen) atoms. The fourth-order valence-corrected chi connectivity index (χ4v) is 7.11. The second kappa shape index (κ2) is 8.67. The van der Waals surface area contributed by atoms with Crippen LogP contribution in [0.3, 0.4) is 0 Å². The highest BCUT2D eigenvalue weighted by Crippen LogP contribution is 2.63. The molecule has 0 radical (unpaired) electrons. The first-order valence-corrected chi connectivity index (χ1v) is 13.1. The van der Waals surface area contributed by atoms with Crippen molar-refractivity contribution in [3.63, 3.8) is 0 Å². The highest BCUT2D eigenvalue weighted by Gasteiger charge is 2.60. The number of sulfonamides is 1. The molecule has 2 unspecified atom stereocenters. The van der Waals surface area contributed by atoms with Crippen LogP contribution in [-0.2, 0) is 19.6 Å². The lowest BCUT2D eigenvalue weighted by molar-refractivity contribution is -0.124. The number of fused-ring (bicyclic) bond motifs is 2. The molecule has 0 aromatic heterocycles. The number of benzene rings is 1. The highest BCUT2D eigenvalue weighted by atomic mass is 35.5. The Kier molecular flexibility index (Phi) is 6.35. The number of carbonyl (C=O) groups is 2. The fourth-order valence-electron chi connectivity index (χ4n) is 5.37. The Morgan fingerprint density at radius 3 is 2.55 bits per heavy atom. The number of nitrogens with one attached hydrogen (secondary N) is 1. The first-order valence-electron chi connectivity index (χ1n) is 11.3. The van der Waals surface area contributed by atoms with E-state index in [-0.39, 0.29) is 26.3 Å². The normalized spacial score (nSPS) is 27.8. The Bertz CT molecular complexity index is 1110. The minimum Gasteiger partial charge on any atom is -0.452 e. The lowest BCUT2D eigenvalue weighted by Gasteiger charge is -2.34. The van der Waals surface area contributed by atoms with E-state index < -0.39 is 28.5 Å². The Morgan fingerprint density at radius 2 is 1.94 bits per heavy atom. The fraction of sp³-hybridized carbons (Fsp3) is 0.609. The van der Waals surface area contributed by atoms with Crippen LogP contribution in [0.4, 0.5) is 0 Å². The molecule has 1 saturated heterocycles. The van der Waals surface area contributed by atoms with E-state index in [1.807, 2.05) is 0 Å². The van der Waals surface area contributed by atoms with Crippen LogP contribution >= 0.6 is 11.6 Å². The topological polar surface area (TPSA) is 105 Å². The maximum absolute atomic E-state index is 12.8. The van der Waals surface area contributed by atoms with Crippen LogP contribution in [0.25, 0.3) is 0 Å². The summed E-state index contributed by atoms with van der Waals surface area (Å²) in [5, 5.41) is 4.40. The lowest BCUT2D eigenvalue weighted by Crippen LogP contribution is -2.35. The van der Waals surface area contributed by atoms with Gasteiger partial charge in [-0.3, -0.25) is 4.79 Å². The Morgan fingerprint density at radius 1 is 1.24 bits per heavy atom. The number of nitrogens with zero attached hydrogens (tertiary/aromatic N) is 2. The highest BCUT2D eigenvalue weighted by molar-refractivity contribution is 7.89. The number of amides is 1. The predicted octanol–water partition coefficient (Wildman–Crippen LogP) is 3.60. The molecule has 1 aromatic carbocycles. The van der Waals surface area contributed by atoms with Gasteiger partial charge in [-0.25, -0.2) is 18.6 Å². The Balaban J connectivity index is 1.39. The van der Waals surface area contributed by atoms with E-state index in [1.54, 1.807) is 0 Å². The number of carbonyl (C=O) groups excluding carboxylic acids is 2. The van der Waals surface area contributed by atoms with Gasteiger partial charge >= 0.3 is 5.97 Å². The second-order valence-electron chi connectivity index (χ2n) is 9.92. The molecule has 2 aliphatic carbocycles. The third-order valence-electron chi connectivity index (χ3n) is 8.02. The number of ether oxygens (including phenoxy) is 1. The van der Waals surface area contributed by atoms with Crippen LogP contribution in [0.15, 0.2) is 28.2 Å². The molecular formula is C23H30ClN3O5S. The molecule has 1 aliphatic heterocycles. The SMILES string of the molecule is CC12CCC(C/C1=N/NC(=O)COC(=O)c1cc(S(=O)(=O)N3CCCC3)ccc1Cl)C2(C)C. The number of hydrogen-bond donors (Lipinski definition) is 1. The summed E-state index contributed by atoms with van der Waals surface area (Å²) in [6.45, 7) is 7.04. The van der Waals surface area contributed by atoms with Crippen molar-refractivity contribution in [1.29, 1.82) is 0 Å². The van der Waals surface area contributed by atoms with Gasteiger partial charge < -0.3 is 4.74 Å². The first-order chi connectivity index (χ1) is 15.5. The summed E-state index contributed by atoms with van der Waals surface area (Å²) in [6, 6.07) is 3.92. The second-order valence-corrected chi connectivity index (χ2v) is 12.3. The van der Waals surface area contributed by atoms with E-state index in [9.17, 15) is 18.0 Å². The monoisotopic (exact) mass is 495 g/mol. The van der Waals surface area contributed by atoms with Crippen LogP contribution < -0.4 is 5.43 Å². The zero-order valence-corrected chi connectivity index (χ0v) is 20.8. The van der Waals surface area contributed by atoms with Gasteiger partial charge in [0.1, 0.15) is 0 Å². The van der Waals surface area contributed by atoms with E-state index in [0.717, 1.165) is 31.4 Å². The molecule has 1 aromatic rings. The van der Waals surface area contributed by atoms with Crippen LogP contribution in [0.2, 0.25) is 5.02 Å². The molecule has 10 heteroatoms. The zero-order chi connectivity index (χ0) is 24.0. The Labute approximate surface area is 199 Å². The standard InChI is InChI=1S/C23H30ClN3O5S/c1-22(2)15-8-9-23(22,3)19(12-15)25-26-20(28)14-32-21(29)17-13-16(6-7-18(17)24)33(30,31)27-10-4-5-11-27/h6-7,13,15H,4-5,8-12,14H2,1-3H3,(H,26,28)/b25-19-. The summed E-state index contributed by atoms with van der Waals surface area (Å²) in [7, 11) is -3.71. The largest absolute Gasteiger partial charge is 0.452 e. The molecule has 2 bridgehead atoms. The van der Waals surface area contributed by atoms with Crippen molar-refractivity contribution in [3.05, 3.63) is 28.8 Å². The smallest absolute Gasteiger partial charge is 0.340 e. The molecule has 3 aliphatic rings. The quantitative estimate of drug-likeness (QED) is 0.479. The van der Waals surface area contributed by atoms with Gasteiger partial charge in [0.15, 0.2) is 6.61 Å². The minimum atomic E-state index is -3.71. The maximum Gasteiger partial charge on any atom is 0.340 e. The van der Waals surface area contributed by atoms with Gasteiger partial charge in [0.2, 0.25) is 10.0 Å². The number of hydrogen-bond acceptors (Lipinski definition) is 6. The van der Waals surface area contributed by atoms with Crippen LogP contribution in [0, 0.1) is 16.7 Å². The van der Waals surface area contributed by atoms with Crippen molar-refractivity contribution in [3.8, 4) is 0 Å². The predicted molar refractivity (Wildman–Crippen MR) is 125 cm³/mol. The van der Waals surface area contributed by atoms with E-state index in [2.05, 4.69) is 31.3 Å². The molecule has 2 atom stereocenters. The van der Waals surface area contributed by atoms with Crippen molar-refractivity contribution >= 4 is 39.2 Å². The molecule has 0 spiro atoms. The summed E-state index contributed by atoms with van der Waals surface area (Å²) >= 11 is 6.11. The van der Waals surface area contributed by atoms with Crippen LogP contribution in [0.5, 0.6) is 0 Å². The molecule has 8 nitrogen and oxygen atoms in total. The summed E-state index contributed by atoms with van der Waals surface area (Å²) in [5.41, 5.74) is 3.48. The van der Waals surface area contributed by atoms with Crippen molar-refractivity contribution in [2.45, 2.75) is 57.8 Å². The summed E-state index contributed by atoms with van der Waals surface area (Å²) < 4.78 is 32.0. The number of hydrazone groups is 1. The molecule has 4 rings (SSSR count). The molecule has 2 saturated carbocycles. The van der Waals surface area contributed by atoms with Gasteiger partial charge in [0.05, 0.1) is 15.5 Å². The van der Waals surface area contributed by atoms with E-state index in [4.69, 9.17) is 16.3 Å². The Hall–Kier alpha value is -1.97. The molecule has 1 heterocycles. The van der Waals surface area contributed by atoms with Crippen molar-refractivity contribution < 1.29 is 22.7 Å². The number of esters is 1. The number of halogens is 1. The number of rotatable bonds is 6. The molecule has 1 amide bonds. The average Bonchev–Trinajstić information content (AvgIpc) is 3.43. The maximum atomic E-state index is 12.8. The third kappa shape index (κ3) is 4.19. The molecule has 180 valence electrons. The van der Waals surface area contributed by atoms with E-state index in [0.29, 0.717) is 19.0 Å². The van der Waals surface area contributed by atoms with Crippen molar-refractivity contribution in [2.24, 2.45) is 21.8 Å². The van der Waals surface area contributed by atoms with Gasteiger partial charge in [-0.05, 0) is 61.6 Å². The summed E-state index contributed by atoms with van der Waals surface area (Å²) in [4.78, 5) is 24.8. The third-order valence-corrected chi connectivity index (χ3v) is 10.2. The molecule has 3 fully saturated rings. The lowest BCUT2D eigenvalue weighted by atomic mass is 9.70. The van der Waals surface area contributed by atoms with Gasteiger partial charge in [-0.2, -0.15) is 9.41 Å². The van der Waals surface area contributed by atoms with Crippen molar-refractivity contribution in [1.82, 2.24) is 9.73 Å². The van der Waals surface area contributed by atoms with E-state index in [1.165, 1.54) is 28.9 Å². The minimum absolute atomic E-state index is 0.0243.